The zero-order valence-corrected chi connectivity index (χ0v) is 14.5. The molecule has 128 valence electrons. The maximum atomic E-state index is 12.2. The van der Waals surface area contributed by atoms with Crippen molar-refractivity contribution in [3.8, 4) is 0 Å². The summed E-state index contributed by atoms with van der Waals surface area (Å²) < 4.78 is 5.45. The van der Waals surface area contributed by atoms with Crippen LogP contribution in [0.3, 0.4) is 0 Å². The number of amides is 1. The minimum Gasteiger partial charge on any atom is -0.417 e. The van der Waals surface area contributed by atoms with E-state index in [2.05, 4.69) is 15.5 Å². The third-order valence-electron chi connectivity index (χ3n) is 3.84. The van der Waals surface area contributed by atoms with Crippen molar-refractivity contribution in [3.63, 3.8) is 0 Å². The molecule has 3 aromatic rings. The fraction of sp³-hybridized carbons (Fsp3) is 0.211. The number of aromatic nitrogens is 2. The molecule has 5 nitrogen and oxygen atoms in total. The summed E-state index contributed by atoms with van der Waals surface area (Å²) in [4.78, 5) is 12.2. The van der Waals surface area contributed by atoms with E-state index in [1.807, 2.05) is 55.5 Å². The second kappa shape index (κ2) is 7.94. The highest BCUT2D eigenvalue weighted by molar-refractivity contribution is 6.30. The zero-order valence-electron chi connectivity index (χ0n) is 13.8. The lowest BCUT2D eigenvalue weighted by Crippen LogP contribution is -2.27. The highest BCUT2D eigenvalue weighted by Crippen LogP contribution is 2.15. The minimum absolute atomic E-state index is 0.0303. The van der Waals surface area contributed by atoms with E-state index in [4.69, 9.17) is 16.0 Å². The van der Waals surface area contributed by atoms with Gasteiger partial charge in [0, 0.05) is 11.6 Å². The lowest BCUT2D eigenvalue weighted by Gasteiger charge is -2.11. The molecule has 0 radical (unpaired) electrons. The van der Waals surface area contributed by atoms with Crippen molar-refractivity contribution in [1.82, 2.24) is 15.5 Å². The van der Waals surface area contributed by atoms with Crippen LogP contribution in [0.25, 0.3) is 0 Å². The average Bonchev–Trinajstić information content (AvgIpc) is 3.08. The summed E-state index contributed by atoms with van der Waals surface area (Å²) in [6.07, 6.45) is 0.432. The zero-order chi connectivity index (χ0) is 17.6. The van der Waals surface area contributed by atoms with Crippen LogP contribution in [0.15, 0.2) is 59.0 Å². The van der Waals surface area contributed by atoms with Crippen molar-refractivity contribution < 1.29 is 9.21 Å². The van der Waals surface area contributed by atoms with Crippen LogP contribution in [0.1, 0.15) is 40.5 Å². The van der Waals surface area contributed by atoms with Gasteiger partial charge in [-0.1, -0.05) is 61.0 Å². The van der Waals surface area contributed by atoms with Gasteiger partial charge in [0.1, 0.15) is 0 Å². The van der Waals surface area contributed by atoms with E-state index in [9.17, 15) is 4.79 Å². The summed E-state index contributed by atoms with van der Waals surface area (Å²) in [7, 11) is 0. The molecule has 1 amide bonds. The lowest BCUT2D eigenvalue weighted by molar-refractivity contribution is 0.0915. The van der Waals surface area contributed by atoms with Gasteiger partial charge in [0.15, 0.2) is 0 Å². The number of carbonyl (C=O) groups excluding carboxylic acids is 1. The van der Waals surface area contributed by atoms with Crippen molar-refractivity contribution in [1.29, 1.82) is 0 Å². The molecule has 0 saturated carbocycles. The Hall–Kier alpha value is -2.66. The molecule has 1 unspecified atom stereocenters. The Morgan fingerprint density at radius 1 is 1.16 bits per heavy atom. The number of halogens is 1. The summed E-state index contributed by atoms with van der Waals surface area (Å²) in [6.45, 7) is 2.54. The molecule has 0 aliphatic heterocycles. The molecule has 2 aromatic carbocycles. The smallest absolute Gasteiger partial charge is 0.308 e. The van der Waals surface area contributed by atoms with E-state index in [1.165, 1.54) is 0 Å². The van der Waals surface area contributed by atoms with Crippen LogP contribution in [-0.2, 0) is 6.42 Å². The molecule has 0 bridgehead atoms. The van der Waals surface area contributed by atoms with Gasteiger partial charge in [-0.05, 0) is 29.2 Å². The first-order valence-electron chi connectivity index (χ1n) is 8.02. The molecule has 0 aliphatic rings. The standard InChI is InChI=1S/C19H18ClN3O2/c1-13(15-7-3-2-4-8-15)12-21-18(24)19-23-22-17(25-19)11-14-6-5-9-16(20)10-14/h2-10,13H,11-12H2,1H3,(H,21,24). The average molecular weight is 356 g/mol. The maximum Gasteiger partial charge on any atom is 0.308 e. The molecule has 1 heterocycles. The van der Waals surface area contributed by atoms with Crippen molar-refractivity contribution in [2.45, 2.75) is 19.3 Å². The van der Waals surface area contributed by atoms with Crippen LogP contribution >= 0.6 is 11.6 Å². The number of hydrogen-bond acceptors (Lipinski definition) is 4. The number of nitrogens with one attached hydrogen (secondary N) is 1. The van der Waals surface area contributed by atoms with E-state index < -0.39 is 0 Å². The first kappa shape index (κ1) is 17.2. The summed E-state index contributed by atoms with van der Waals surface area (Å²) in [6, 6.07) is 17.4. The Bertz CT molecular complexity index is 849. The Kier molecular flexibility index (Phi) is 5.46. The first-order chi connectivity index (χ1) is 12.1. The van der Waals surface area contributed by atoms with E-state index in [0.29, 0.717) is 23.9 Å². The Labute approximate surface area is 151 Å². The third-order valence-corrected chi connectivity index (χ3v) is 4.08. The molecule has 0 aliphatic carbocycles. The van der Waals surface area contributed by atoms with Gasteiger partial charge in [0.2, 0.25) is 5.89 Å². The van der Waals surface area contributed by atoms with Gasteiger partial charge in [0.05, 0.1) is 6.42 Å². The molecule has 0 saturated heterocycles. The number of nitrogens with zero attached hydrogens (tertiary/aromatic N) is 2. The van der Waals surface area contributed by atoms with Crippen LogP contribution in [0.2, 0.25) is 5.02 Å². The van der Waals surface area contributed by atoms with E-state index in [-0.39, 0.29) is 17.7 Å². The van der Waals surface area contributed by atoms with Crippen LogP contribution in [0, 0.1) is 0 Å². The van der Waals surface area contributed by atoms with Gasteiger partial charge < -0.3 is 9.73 Å². The SMILES string of the molecule is CC(CNC(=O)c1nnc(Cc2cccc(Cl)c2)o1)c1ccccc1. The molecule has 6 heteroatoms. The summed E-state index contributed by atoms with van der Waals surface area (Å²) in [5.74, 6) is 0.174. The van der Waals surface area contributed by atoms with E-state index >= 15 is 0 Å². The lowest BCUT2D eigenvalue weighted by atomic mass is 10.0. The van der Waals surface area contributed by atoms with E-state index in [0.717, 1.165) is 11.1 Å². The molecule has 0 fully saturated rings. The fourth-order valence-electron chi connectivity index (χ4n) is 2.46. The minimum atomic E-state index is -0.368. The molecule has 25 heavy (non-hydrogen) atoms. The van der Waals surface area contributed by atoms with Crippen molar-refractivity contribution in [3.05, 3.63) is 82.5 Å². The molecule has 1 aromatic heterocycles. The first-order valence-corrected chi connectivity index (χ1v) is 8.39. The molecule has 3 rings (SSSR count). The summed E-state index contributed by atoms with van der Waals surface area (Å²) in [5, 5.41) is 11.2. The normalized spacial score (nSPS) is 11.9. The van der Waals surface area contributed by atoms with Crippen LogP contribution in [0.5, 0.6) is 0 Å². The monoisotopic (exact) mass is 355 g/mol. The molecular weight excluding hydrogens is 338 g/mol. The fourth-order valence-corrected chi connectivity index (χ4v) is 2.67. The number of hydrogen-bond donors (Lipinski definition) is 1. The van der Waals surface area contributed by atoms with Gasteiger partial charge >= 0.3 is 11.8 Å². The quantitative estimate of drug-likeness (QED) is 0.729. The highest BCUT2D eigenvalue weighted by atomic mass is 35.5. The second-order valence-electron chi connectivity index (χ2n) is 5.83. The maximum absolute atomic E-state index is 12.2. The molecule has 1 atom stereocenters. The summed E-state index contributed by atoms with van der Waals surface area (Å²) >= 11 is 5.96. The Morgan fingerprint density at radius 2 is 1.96 bits per heavy atom. The van der Waals surface area contributed by atoms with Gasteiger partial charge in [0.25, 0.3) is 0 Å². The van der Waals surface area contributed by atoms with Crippen LogP contribution in [0.4, 0.5) is 0 Å². The Balaban J connectivity index is 1.57. The number of benzene rings is 2. The largest absolute Gasteiger partial charge is 0.417 e. The van der Waals surface area contributed by atoms with Gasteiger partial charge in [-0.3, -0.25) is 4.79 Å². The molecular formula is C19H18ClN3O2. The summed E-state index contributed by atoms with van der Waals surface area (Å²) in [5.41, 5.74) is 2.11. The van der Waals surface area contributed by atoms with Gasteiger partial charge in [-0.2, -0.15) is 0 Å². The number of carbonyl (C=O) groups is 1. The Morgan fingerprint density at radius 3 is 2.72 bits per heavy atom. The van der Waals surface area contributed by atoms with E-state index in [1.54, 1.807) is 6.07 Å². The predicted molar refractivity (Wildman–Crippen MR) is 95.7 cm³/mol. The highest BCUT2D eigenvalue weighted by Gasteiger charge is 2.16. The van der Waals surface area contributed by atoms with Crippen molar-refractivity contribution >= 4 is 17.5 Å². The van der Waals surface area contributed by atoms with Crippen molar-refractivity contribution in [2.75, 3.05) is 6.54 Å². The number of rotatable bonds is 6. The second-order valence-corrected chi connectivity index (χ2v) is 6.27. The predicted octanol–water partition coefficient (Wildman–Crippen LogP) is 3.85. The third kappa shape index (κ3) is 4.67. The van der Waals surface area contributed by atoms with Crippen LogP contribution in [-0.4, -0.2) is 22.6 Å². The molecule has 0 spiro atoms. The molecule has 1 N–H and O–H groups in total. The van der Waals surface area contributed by atoms with Gasteiger partial charge in [-0.15, -0.1) is 10.2 Å². The van der Waals surface area contributed by atoms with Gasteiger partial charge in [-0.25, -0.2) is 0 Å². The van der Waals surface area contributed by atoms with Crippen molar-refractivity contribution in [2.24, 2.45) is 0 Å². The topological polar surface area (TPSA) is 68.0 Å². The van der Waals surface area contributed by atoms with Crippen LogP contribution < -0.4 is 5.32 Å².